The van der Waals surface area contributed by atoms with E-state index in [1.165, 1.54) is 0 Å². The molecule has 2 aromatic carbocycles. The van der Waals surface area contributed by atoms with Crippen molar-refractivity contribution < 1.29 is 28.3 Å². The molecular formula is C30H40FN3O5. The molecule has 0 spiro atoms. The van der Waals surface area contributed by atoms with Gasteiger partial charge in [-0.15, -0.1) is 0 Å². The second-order valence-corrected chi connectivity index (χ2v) is 10.4. The van der Waals surface area contributed by atoms with E-state index in [2.05, 4.69) is 16.0 Å². The van der Waals surface area contributed by atoms with Crippen LogP contribution in [-0.4, -0.2) is 48.5 Å². The highest BCUT2D eigenvalue weighted by atomic mass is 19.1. The van der Waals surface area contributed by atoms with Crippen molar-refractivity contribution in [2.45, 2.75) is 71.7 Å². The number of benzene rings is 2. The third-order valence-corrected chi connectivity index (χ3v) is 5.99. The minimum atomic E-state index is -1.22. The zero-order chi connectivity index (χ0) is 28.8. The Bertz CT molecular complexity index is 1060. The first-order valence-corrected chi connectivity index (χ1v) is 13.3. The molecule has 0 aromatic heterocycles. The number of halogens is 1. The van der Waals surface area contributed by atoms with Gasteiger partial charge in [0.25, 0.3) is 0 Å². The van der Waals surface area contributed by atoms with E-state index in [0.717, 1.165) is 11.1 Å². The molecule has 0 fully saturated rings. The van der Waals surface area contributed by atoms with Crippen molar-refractivity contribution in [2.75, 3.05) is 6.67 Å². The van der Waals surface area contributed by atoms with Gasteiger partial charge in [-0.05, 0) is 42.2 Å². The summed E-state index contributed by atoms with van der Waals surface area (Å²) in [5.41, 5.74) is 1.57. The summed E-state index contributed by atoms with van der Waals surface area (Å²) >= 11 is 0. The summed E-state index contributed by atoms with van der Waals surface area (Å²) in [4.78, 5) is 51.3. The van der Waals surface area contributed by atoms with Crippen molar-refractivity contribution in [3.63, 3.8) is 0 Å². The van der Waals surface area contributed by atoms with E-state index in [-0.39, 0.29) is 31.3 Å². The van der Waals surface area contributed by atoms with Crippen molar-refractivity contribution in [1.29, 1.82) is 0 Å². The zero-order valence-electron chi connectivity index (χ0n) is 23.1. The Morgan fingerprint density at radius 2 is 1.15 bits per heavy atom. The fraction of sp³-hybridized carbons (Fsp3) is 0.467. The molecule has 2 rings (SSSR count). The van der Waals surface area contributed by atoms with Crippen LogP contribution in [-0.2, 0) is 32.1 Å². The van der Waals surface area contributed by atoms with Gasteiger partial charge in [-0.3, -0.25) is 14.4 Å². The lowest BCUT2D eigenvalue weighted by Gasteiger charge is -2.26. The highest BCUT2D eigenvalue weighted by molar-refractivity contribution is 5.94. The maximum Gasteiger partial charge on any atom is 0.408 e. The number of carbonyl (C=O) groups excluding carboxylic acids is 4. The number of ketones is 1. The fourth-order valence-electron chi connectivity index (χ4n) is 4.05. The summed E-state index contributed by atoms with van der Waals surface area (Å²) in [5, 5.41) is 7.97. The molecule has 0 saturated carbocycles. The molecule has 0 heterocycles. The van der Waals surface area contributed by atoms with Gasteiger partial charge in [0.05, 0.1) is 6.04 Å². The lowest BCUT2D eigenvalue weighted by molar-refractivity contribution is -0.132. The molecule has 0 radical (unpaired) electrons. The summed E-state index contributed by atoms with van der Waals surface area (Å²) in [6, 6.07) is 15.1. The molecule has 0 aliphatic carbocycles. The summed E-state index contributed by atoms with van der Waals surface area (Å²) in [6.07, 6.45) is -0.0189. The van der Waals surface area contributed by atoms with Gasteiger partial charge < -0.3 is 20.7 Å². The average Bonchev–Trinajstić information content (AvgIpc) is 2.91. The molecule has 9 heteroatoms. The van der Waals surface area contributed by atoms with Crippen LogP contribution in [0.25, 0.3) is 0 Å². The van der Waals surface area contributed by atoms with E-state index < -0.39 is 48.5 Å². The standard InChI is InChI=1S/C30H40FN3O5/c1-20(2)15-25(28(36)32-24(27(35)18-31)17-22-11-7-5-8-12-22)33-29(37)26(16-21(3)4)34-30(38)39-19-23-13-9-6-10-14-23/h5-14,20-21,24-26H,15-19H2,1-4H3,(H,32,36)(H,33,37)(H,34,38)/t24?,25-,26-/m0/s1. The molecule has 3 atom stereocenters. The molecular weight excluding hydrogens is 501 g/mol. The number of rotatable bonds is 15. The van der Waals surface area contributed by atoms with Gasteiger partial charge in [0.1, 0.15) is 25.4 Å². The Balaban J connectivity index is 2.10. The predicted octanol–water partition coefficient (Wildman–Crippen LogP) is 4.12. The van der Waals surface area contributed by atoms with Gasteiger partial charge >= 0.3 is 6.09 Å². The number of hydrogen-bond acceptors (Lipinski definition) is 5. The molecule has 212 valence electrons. The number of alkyl carbamates (subject to hydrolysis) is 1. The summed E-state index contributed by atoms with van der Waals surface area (Å²) in [6.45, 7) is 6.44. The zero-order valence-corrected chi connectivity index (χ0v) is 23.1. The Morgan fingerprint density at radius 1 is 0.692 bits per heavy atom. The van der Waals surface area contributed by atoms with Gasteiger partial charge in [0.2, 0.25) is 11.8 Å². The number of alkyl halides is 1. The first kappa shape index (κ1) is 31.5. The average molecular weight is 542 g/mol. The van der Waals surface area contributed by atoms with E-state index in [1.54, 1.807) is 24.3 Å². The molecule has 2 aromatic rings. The lowest BCUT2D eigenvalue weighted by Crippen LogP contribution is -2.56. The van der Waals surface area contributed by atoms with Gasteiger partial charge in [0.15, 0.2) is 5.78 Å². The van der Waals surface area contributed by atoms with Crippen LogP contribution in [0.4, 0.5) is 9.18 Å². The Morgan fingerprint density at radius 3 is 1.64 bits per heavy atom. The molecule has 3 N–H and O–H groups in total. The van der Waals surface area contributed by atoms with E-state index in [1.807, 2.05) is 64.1 Å². The number of carbonyl (C=O) groups is 4. The van der Waals surface area contributed by atoms with E-state index >= 15 is 0 Å². The number of Topliss-reactive ketones (excluding diaryl/α,β-unsaturated/α-hetero) is 1. The Kier molecular flexibility index (Phi) is 13.1. The van der Waals surface area contributed by atoms with Crippen molar-refractivity contribution in [2.24, 2.45) is 11.8 Å². The van der Waals surface area contributed by atoms with Crippen molar-refractivity contribution in [1.82, 2.24) is 16.0 Å². The van der Waals surface area contributed by atoms with Crippen molar-refractivity contribution >= 4 is 23.7 Å². The van der Waals surface area contributed by atoms with Crippen molar-refractivity contribution in [3.05, 3.63) is 71.8 Å². The van der Waals surface area contributed by atoms with Crippen LogP contribution >= 0.6 is 0 Å². The molecule has 39 heavy (non-hydrogen) atoms. The van der Waals surface area contributed by atoms with Crippen LogP contribution in [0.2, 0.25) is 0 Å². The minimum absolute atomic E-state index is 0.0258. The van der Waals surface area contributed by atoms with Crippen LogP contribution in [0.3, 0.4) is 0 Å². The van der Waals surface area contributed by atoms with Crippen LogP contribution in [0.1, 0.15) is 51.7 Å². The van der Waals surface area contributed by atoms with Gasteiger partial charge in [0, 0.05) is 0 Å². The van der Waals surface area contributed by atoms with Crippen molar-refractivity contribution in [3.8, 4) is 0 Å². The normalized spacial score (nSPS) is 13.3. The summed E-state index contributed by atoms with van der Waals surface area (Å²) in [7, 11) is 0. The minimum Gasteiger partial charge on any atom is -0.445 e. The van der Waals surface area contributed by atoms with E-state index in [9.17, 15) is 23.6 Å². The molecule has 3 amide bonds. The molecule has 0 aliphatic rings. The number of hydrogen-bond donors (Lipinski definition) is 3. The fourth-order valence-corrected chi connectivity index (χ4v) is 4.05. The Hall–Kier alpha value is -3.75. The van der Waals surface area contributed by atoms with E-state index in [4.69, 9.17) is 4.74 Å². The quantitative estimate of drug-likeness (QED) is 0.314. The highest BCUT2D eigenvalue weighted by Crippen LogP contribution is 2.11. The van der Waals surface area contributed by atoms with Crippen LogP contribution in [0.5, 0.6) is 0 Å². The predicted molar refractivity (Wildman–Crippen MR) is 147 cm³/mol. The third kappa shape index (κ3) is 11.7. The van der Waals surface area contributed by atoms with E-state index in [0.29, 0.717) is 6.42 Å². The van der Waals surface area contributed by atoms with Crippen LogP contribution in [0.15, 0.2) is 60.7 Å². The second kappa shape index (κ2) is 16.3. The summed E-state index contributed by atoms with van der Waals surface area (Å²) < 4.78 is 18.6. The molecule has 1 unspecified atom stereocenters. The second-order valence-electron chi connectivity index (χ2n) is 10.4. The van der Waals surface area contributed by atoms with Gasteiger partial charge in [-0.2, -0.15) is 0 Å². The van der Waals surface area contributed by atoms with Crippen LogP contribution < -0.4 is 16.0 Å². The first-order valence-electron chi connectivity index (χ1n) is 13.3. The highest BCUT2D eigenvalue weighted by Gasteiger charge is 2.30. The first-order chi connectivity index (χ1) is 18.6. The smallest absolute Gasteiger partial charge is 0.408 e. The molecule has 0 saturated heterocycles. The Labute approximate surface area is 230 Å². The molecule has 0 aliphatic heterocycles. The molecule has 8 nitrogen and oxygen atoms in total. The maximum atomic E-state index is 13.3. The SMILES string of the molecule is CC(C)C[C@H](NC(=O)OCc1ccccc1)C(=O)N[C@@H](CC(C)C)C(=O)NC(Cc1ccccc1)C(=O)CF. The summed E-state index contributed by atoms with van der Waals surface area (Å²) in [5.74, 6) is -1.79. The van der Waals surface area contributed by atoms with Crippen LogP contribution in [0, 0.1) is 11.8 Å². The topological polar surface area (TPSA) is 114 Å². The monoisotopic (exact) mass is 541 g/mol. The molecule has 0 bridgehead atoms. The largest absolute Gasteiger partial charge is 0.445 e. The van der Waals surface area contributed by atoms with Gasteiger partial charge in [-0.1, -0.05) is 88.4 Å². The number of nitrogens with one attached hydrogen (secondary N) is 3. The number of ether oxygens (including phenoxy) is 1. The van der Waals surface area contributed by atoms with Gasteiger partial charge in [-0.25, -0.2) is 9.18 Å². The number of amides is 3. The maximum absolute atomic E-state index is 13.3. The third-order valence-electron chi connectivity index (χ3n) is 5.99. The lowest BCUT2D eigenvalue weighted by atomic mass is 9.98.